The second kappa shape index (κ2) is 5.22. The van der Waals surface area contributed by atoms with E-state index >= 15 is 0 Å². The Hall–Kier alpha value is -1.58. The molecule has 11 heavy (non-hydrogen) atoms. The predicted molar refractivity (Wildman–Crippen MR) is 40.1 cm³/mol. The highest BCUT2D eigenvalue weighted by Gasteiger charge is 1.97. The maximum atomic E-state index is 10.5. The van der Waals surface area contributed by atoms with Gasteiger partial charge in [-0.2, -0.15) is 0 Å². The molecule has 0 spiro atoms. The van der Waals surface area contributed by atoms with Gasteiger partial charge in [0, 0.05) is 6.08 Å². The number of carboxylic acid groups (broad SMARTS) is 1. The van der Waals surface area contributed by atoms with E-state index in [9.17, 15) is 9.59 Å². The monoisotopic (exact) mass is 155 g/mol. The highest BCUT2D eigenvalue weighted by Crippen LogP contribution is 1.76. The van der Waals surface area contributed by atoms with Crippen molar-refractivity contribution in [3.63, 3.8) is 0 Å². The molecule has 0 radical (unpaired) electrons. The maximum absolute atomic E-state index is 10.5. The fraction of sp³-hybridized carbons (Fsp3) is 0.143. The van der Waals surface area contributed by atoms with Crippen LogP contribution in [0.15, 0.2) is 24.3 Å². The van der Waals surface area contributed by atoms with Crippen LogP contribution in [0, 0.1) is 0 Å². The highest BCUT2D eigenvalue weighted by atomic mass is 16.4. The van der Waals surface area contributed by atoms with E-state index in [1.165, 1.54) is 6.08 Å². The third-order valence-electron chi connectivity index (χ3n) is 0.781. The molecule has 60 valence electrons. The normalized spacial score (nSPS) is 10.6. The van der Waals surface area contributed by atoms with Gasteiger partial charge in [0.1, 0.15) is 0 Å². The largest absolute Gasteiger partial charge is 0.465 e. The SMILES string of the molecule is CC=CC=CC(=O)NC(=O)O. The van der Waals surface area contributed by atoms with Gasteiger partial charge in [0.25, 0.3) is 5.91 Å². The average molecular weight is 155 g/mol. The lowest BCUT2D eigenvalue weighted by Gasteiger charge is -1.89. The Balaban J connectivity index is 3.78. The maximum Gasteiger partial charge on any atom is 0.411 e. The quantitative estimate of drug-likeness (QED) is 0.460. The third kappa shape index (κ3) is 6.30. The van der Waals surface area contributed by atoms with Crippen molar-refractivity contribution >= 4 is 12.0 Å². The number of carbonyl (C=O) groups excluding carboxylic acids is 1. The number of nitrogens with one attached hydrogen (secondary N) is 1. The van der Waals surface area contributed by atoms with Crippen LogP contribution in [-0.2, 0) is 4.79 Å². The molecule has 0 aromatic heterocycles. The topological polar surface area (TPSA) is 66.4 Å². The Morgan fingerprint density at radius 3 is 2.45 bits per heavy atom. The first-order valence-corrected chi connectivity index (χ1v) is 3.00. The Kier molecular flexibility index (Phi) is 4.47. The van der Waals surface area contributed by atoms with Gasteiger partial charge in [-0.3, -0.25) is 10.1 Å². The van der Waals surface area contributed by atoms with E-state index in [2.05, 4.69) is 0 Å². The minimum atomic E-state index is -1.35. The van der Waals surface area contributed by atoms with Crippen LogP contribution in [0.4, 0.5) is 4.79 Å². The Labute approximate surface area is 64.2 Å². The predicted octanol–water partition coefficient (Wildman–Crippen LogP) is 0.913. The van der Waals surface area contributed by atoms with Crippen LogP contribution in [0.1, 0.15) is 6.92 Å². The summed E-state index contributed by atoms with van der Waals surface area (Å²) < 4.78 is 0. The van der Waals surface area contributed by atoms with Gasteiger partial charge in [-0.25, -0.2) is 4.79 Å². The number of imide groups is 1. The van der Waals surface area contributed by atoms with Crippen molar-refractivity contribution in [2.24, 2.45) is 0 Å². The molecular formula is C7H9NO3. The third-order valence-corrected chi connectivity index (χ3v) is 0.781. The minimum Gasteiger partial charge on any atom is -0.465 e. The molecule has 0 saturated carbocycles. The Morgan fingerprint density at radius 2 is 2.00 bits per heavy atom. The molecule has 0 atom stereocenters. The molecule has 0 aromatic rings. The van der Waals surface area contributed by atoms with Gasteiger partial charge in [-0.15, -0.1) is 0 Å². The lowest BCUT2D eigenvalue weighted by Crippen LogP contribution is -2.26. The molecule has 4 nitrogen and oxygen atoms in total. The first-order valence-electron chi connectivity index (χ1n) is 3.00. The van der Waals surface area contributed by atoms with Crippen LogP contribution < -0.4 is 5.32 Å². The number of hydrogen-bond donors (Lipinski definition) is 2. The summed E-state index contributed by atoms with van der Waals surface area (Å²) in [4.78, 5) is 20.4. The van der Waals surface area contributed by atoms with Crippen molar-refractivity contribution < 1.29 is 14.7 Å². The summed E-state index contributed by atoms with van der Waals surface area (Å²) >= 11 is 0. The lowest BCUT2D eigenvalue weighted by molar-refractivity contribution is -0.115. The summed E-state index contributed by atoms with van der Waals surface area (Å²) in [5.74, 6) is -0.643. The van der Waals surface area contributed by atoms with Crippen molar-refractivity contribution in [3.8, 4) is 0 Å². The molecule has 2 N–H and O–H groups in total. The van der Waals surface area contributed by atoms with Gasteiger partial charge in [-0.1, -0.05) is 18.2 Å². The fourth-order valence-corrected chi connectivity index (χ4v) is 0.401. The van der Waals surface area contributed by atoms with E-state index in [0.717, 1.165) is 6.08 Å². The first-order chi connectivity index (χ1) is 5.16. The van der Waals surface area contributed by atoms with Crippen LogP contribution in [0.2, 0.25) is 0 Å². The molecule has 0 aliphatic carbocycles. The first kappa shape index (κ1) is 9.42. The molecule has 0 fully saturated rings. The van der Waals surface area contributed by atoms with E-state index in [-0.39, 0.29) is 0 Å². The summed E-state index contributed by atoms with van der Waals surface area (Å²) in [6.45, 7) is 1.79. The molecular weight excluding hydrogens is 146 g/mol. The molecule has 0 unspecified atom stereocenters. The molecule has 0 bridgehead atoms. The molecule has 0 saturated heterocycles. The zero-order chi connectivity index (χ0) is 8.69. The van der Waals surface area contributed by atoms with Crippen molar-refractivity contribution in [2.45, 2.75) is 6.92 Å². The van der Waals surface area contributed by atoms with Gasteiger partial charge >= 0.3 is 6.09 Å². The Bertz CT molecular complexity index is 206. The molecule has 0 aliphatic rings. The molecule has 0 aliphatic heterocycles. The molecule has 0 heterocycles. The minimum absolute atomic E-state index is 0.643. The zero-order valence-corrected chi connectivity index (χ0v) is 6.07. The molecule has 4 heteroatoms. The van der Waals surface area contributed by atoms with Crippen LogP contribution in [-0.4, -0.2) is 17.1 Å². The second-order valence-electron chi connectivity index (χ2n) is 1.68. The summed E-state index contributed by atoms with van der Waals surface area (Å²) in [7, 11) is 0. The van der Waals surface area contributed by atoms with E-state index in [1.54, 1.807) is 24.4 Å². The van der Waals surface area contributed by atoms with E-state index in [1.807, 2.05) is 0 Å². The van der Waals surface area contributed by atoms with Crippen molar-refractivity contribution in [3.05, 3.63) is 24.3 Å². The van der Waals surface area contributed by atoms with Crippen LogP contribution in [0.5, 0.6) is 0 Å². The summed E-state index contributed by atoms with van der Waals surface area (Å²) in [5.41, 5.74) is 0. The number of amides is 2. The van der Waals surface area contributed by atoms with Gasteiger partial charge in [0.2, 0.25) is 0 Å². The van der Waals surface area contributed by atoms with Gasteiger partial charge in [0.15, 0.2) is 0 Å². The van der Waals surface area contributed by atoms with Crippen molar-refractivity contribution in [1.82, 2.24) is 5.32 Å². The van der Waals surface area contributed by atoms with Crippen LogP contribution >= 0.6 is 0 Å². The van der Waals surface area contributed by atoms with Crippen molar-refractivity contribution in [2.75, 3.05) is 0 Å². The Morgan fingerprint density at radius 1 is 1.36 bits per heavy atom. The molecule has 2 amide bonds. The smallest absolute Gasteiger partial charge is 0.411 e. The van der Waals surface area contributed by atoms with E-state index in [0.29, 0.717) is 0 Å². The number of rotatable bonds is 2. The lowest BCUT2D eigenvalue weighted by atomic mass is 10.4. The summed E-state index contributed by atoms with van der Waals surface area (Å²) in [6, 6.07) is 0. The van der Waals surface area contributed by atoms with Gasteiger partial charge in [0.05, 0.1) is 0 Å². The average Bonchev–Trinajstić information content (AvgIpc) is 1.86. The van der Waals surface area contributed by atoms with Crippen molar-refractivity contribution in [1.29, 1.82) is 0 Å². The highest BCUT2D eigenvalue weighted by molar-refractivity contribution is 5.97. The van der Waals surface area contributed by atoms with Crippen LogP contribution in [0.25, 0.3) is 0 Å². The van der Waals surface area contributed by atoms with Gasteiger partial charge in [-0.05, 0) is 6.92 Å². The molecule has 0 aromatic carbocycles. The fourth-order valence-electron chi connectivity index (χ4n) is 0.401. The van der Waals surface area contributed by atoms with Gasteiger partial charge < -0.3 is 5.11 Å². The van der Waals surface area contributed by atoms with E-state index in [4.69, 9.17) is 5.11 Å². The second-order valence-corrected chi connectivity index (χ2v) is 1.68. The number of hydrogen-bond acceptors (Lipinski definition) is 2. The number of allylic oxidation sites excluding steroid dienone is 3. The zero-order valence-electron chi connectivity index (χ0n) is 6.07. The number of carbonyl (C=O) groups is 2. The summed E-state index contributed by atoms with van der Waals surface area (Å²) in [5, 5.41) is 9.72. The standard InChI is InChI=1S/C7H9NO3/c1-2-3-4-5-6(9)8-7(10)11/h2-5H,1H3,(H,8,9)(H,10,11). The van der Waals surface area contributed by atoms with Crippen LogP contribution in [0.3, 0.4) is 0 Å². The summed E-state index contributed by atoms with van der Waals surface area (Å²) in [6.07, 6.45) is 4.60. The van der Waals surface area contributed by atoms with E-state index < -0.39 is 12.0 Å². The molecule has 0 rings (SSSR count).